The summed E-state index contributed by atoms with van der Waals surface area (Å²) >= 11 is 0. The van der Waals surface area contributed by atoms with Crippen LogP contribution in [0.4, 0.5) is 5.82 Å². The third-order valence-corrected chi connectivity index (χ3v) is 2.83. The van der Waals surface area contributed by atoms with Crippen molar-refractivity contribution in [3.05, 3.63) is 41.6 Å². The molecular weight excluding hydrogens is 254 g/mol. The summed E-state index contributed by atoms with van der Waals surface area (Å²) in [6.45, 7) is 5.17. The van der Waals surface area contributed by atoms with Gasteiger partial charge < -0.3 is 15.6 Å². The van der Waals surface area contributed by atoms with Crippen molar-refractivity contribution in [2.45, 2.75) is 26.8 Å². The van der Waals surface area contributed by atoms with Crippen LogP contribution in [0.3, 0.4) is 0 Å². The lowest BCUT2D eigenvalue weighted by Gasteiger charge is -2.09. The van der Waals surface area contributed by atoms with E-state index in [4.69, 9.17) is 0 Å². The minimum absolute atomic E-state index is 0.127. The first-order chi connectivity index (χ1) is 9.72. The standard InChI is InChI=1S/C14H19N5O/c1-3-11-7-10(8-12(19-11)15-4-2)14(20)18-9-13-16-5-6-17-13/h5-8H,3-4,9H2,1-2H3,(H,15,19)(H,16,17)(H,18,20). The van der Waals surface area contributed by atoms with Crippen LogP contribution >= 0.6 is 0 Å². The van der Waals surface area contributed by atoms with Gasteiger partial charge in [0.25, 0.3) is 5.91 Å². The summed E-state index contributed by atoms with van der Waals surface area (Å²) in [5.41, 5.74) is 1.51. The number of anilines is 1. The maximum absolute atomic E-state index is 12.2. The Morgan fingerprint density at radius 1 is 1.35 bits per heavy atom. The van der Waals surface area contributed by atoms with Crippen molar-refractivity contribution in [3.63, 3.8) is 0 Å². The normalized spacial score (nSPS) is 10.3. The largest absolute Gasteiger partial charge is 0.370 e. The Bertz CT molecular complexity index is 565. The lowest BCUT2D eigenvalue weighted by molar-refractivity contribution is 0.0950. The van der Waals surface area contributed by atoms with E-state index >= 15 is 0 Å². The summed E-state index contributed by atoms with van der Waals surface area (Å²) in [4.78, 5) is 23.6. The summed E-state index contributed by atoms with van der Waals surface area (Å²) in [6.07, 6.45) is 4.18. The SMILES string of the molecule is CCNc1cc(C(=O)NCc2ncc[nH]2)cc(CC)n1. The maximum atomic E-state index is 12.2. The number of aromatic amines is 1. The predicted molar refractivity (Wildman–Crippen MR) is 77.5 cm³/mol. The zero-order valence-corrected chi connectivity index (χ0v) is 11.7. The number of nitrogens with zero attached hydrogens (tertiary/aromatic N) is 2. The molecular formula is C14H19N5O. The lowest BCUT2D eigenvalue weighted by Crippen LogP contribution is -2.24. The first kappa shape index (κ1) is 14.0. The van der Waals surface area contributed by atoms with Gasteiger partial charge in [-0.05, 0) is 25.5 Å². The average Bonchev–Trinajstić information content (AvgIpc) is 2.98. The number of hydrogen-bond acceptors (Lipinski definition) is 4. The third-order valence-electron chi connectivity index (χ3n) is 2.83. The van der Waals surface area contributed by atoms with Gasteiger partial charge in [0.05, 0.1) is 6.54 Å². The number of aryl methyl sites for hydroxylation is 1. The molecule has 0 bridgehead atoms. The van der Waals surface area contributed by atoms with Crippen molar-refractivity contribution in [2.75, 3.05) is 11.9 Å². The molecule has 2 aromatic heterocycles. The van der Waals surface area contributed by atoms with Crippen molar-refractivity contribution in [3.8, 4) is 0 Å². The Balaban J connectivity index is 2.09. The highest BCUT2D eigenvalue weighted by atomic mass is 16.1. The predicted octanol–water partition coefficient (Wildman–Crippen LogP) is 1.73. The molecule has 0 fully saturated rings. The first-order valence-electron chi connectivity index (χ1n) is 6.74. The van der Waals surface area contributed by atoms with Crippen LogP contribution in [0.1, 0.15) is 35.7 Å². The Kier molecular flexibility index (Phi) is 4.70. The monoisotopic (exact) mass is 273 g/mol. The highest BCUT2D eigenvalue weighted by Gasteiger charge is 2.09. The molecule has 0 aliphatic carbocycles. The molecule has 0 aliphatic heterocycles. The molecule has 0 atom stereocenters. The van der Waals surface area contributed by atoms with Crippen LogP contribution in [0.5, 0.6) is 0 Å². The fourth-order valence-electron chi connectivity index (χ4n) is 1.83. The van der Waals surface area contributed by atoms with Gasteiger partial charge in [-0.25, -0.2) is 9.97 Å². The van der Waals surface area contributed by atoms with Gasteiger partial charge in [0.1, 0.15) is 11.6 Å². The van der Waals surface area contributed by atoms with E-state index in [9.17, 15) is 4.79 Å². The number of H-pyrrole nitrogens is 1. The number of amides is 1. The number of hydrogen-bond donors (Lipinski definition) is 3. The molecule has 2 heterocycles. The molecule has 0 unspecified atom stereocenters. The number of rotatable bonds is 6. The molecule has 0 aromatic carbocycles. The maximum Gasteiger partial charge on any atom is 0.251 e. The second-order valence-corrected chi connectivity index (χ2v) is 4.33. The molecule has 3 N–H and O–H groups in total. The fourth-order valence-corrected chi connectivity index (χ4v) is 1.83. The highest BCUT2D eigenvalue weighted by Crippen LogP contribution is 2.11. The minimum Gasteiger partial charge on any atom is -0.370 e. The number of carbonyl (C=O) groups excluding carboxylic acids is 1. The Morgan fingerprint density at radius 3 is 2.85 bits per heavy atom. The second-order valence-electron chi connectivity index (χ2n) is 4.33. The van der Waals surface area contributed by atoms with Crippen LogP contribution in [0.25, 0.3) is 0 Å². The fraction of sp³-hybridized carbons (Fsp3) is 0.357. The molecule has 106 valence electrons. The van der Waals surface area contributed by atoms with Crippen molar-refractivity contribution >= 4 is 11.7 Å². The van der Waals surface area contributed by atoms with Crippen molar-refractivity contribution in [1.29, 1.82) is 0 Å². The van der Waals surface area contributed by atoms with Crippen molar-refractivity contribution < 1.29 is 4.79 Å². The van der Waals surface area contributed by atoms with Gasteiger partial charge in [-0.15, -0.1) is 0 Å². The van der Waals surface area contributed by atoms with Gasteiger partial charge in [-0.3, -0.25) is 4.79 Å². The minimum atomic E-state index is -0.127. The van der Waals surface area contributed by atoms with Crippen LogP contribution in [0, 0.1) is 0 Å². The highest BCUT2D eigenvalue weighted by molar-refractivity contribution is 5.94. The lowest BCUT2D eigenvalue weighted by atomic mass is 10.2. The number of aromatic nitrogens is 3. The molecule has 0 saturated heterocycles. The summed E-state index contributed by atoms with van der Waals surface area (Å²) in [5, 5.41) is 5.97. The van der Waals surface area contributed by atoms with Gasteiger partial charge in [0, 0.05) is 30.2 Å². The molecule has 1 amide bonds. The third kappa shape index (κ3) is 3.57. The first-order valence-corrected chi connectivity index (χ1v) is 6.74. The van der Waals surface area contributed by atoms with E-state index < -0.39 is 0 Å². The Morgan fingerprint density at radius 2 is 2.20 bits per heavy atom. The molecule has 2 rings (SSSR count). The average molecular weight is 273 g/mol. The van der Waals surface area contributed by atoms with E-state index in [1.54, 1.807) is 18.5 Å². The number of imidazole rings is 1. The Hall–Kier alpha value is -2.37. The van der Waals surface area contributed by atoms with E-state index in [0.29, 0.717) is 12.1 Å². The quantitative estimate of drug-likeness (QED) is 0.748. The van der Waals surface area contributed by atoms with Gasteiger partial charge >= 0.3 is 0 Å². The van der Waals surface area contributed by atoms with E-state index in [1.165, 1.54) is 0 Å². The van der Waals surface area contributed by atoms with Crippen molar-refractivity contribution in [1.82, 2.24) is 20.3 Å². The van der Waals surface area contributed by atoms with Crippen LogP contribution in [-0.4, -0.2) is 27.4 Å². The topological polar surface area (TPSA) is 82.7 Å². The van der Waals surface area contributed by atoms with E-state index in [0.717, 1.165) is 30.3 Å². The summed E-state index contributed by atoms with van der Waals surface area (Å²) in [7, 11) is 0. The smallest absolute Gasteiger partial charge is 0.251 e. The molecule has 0 aliphatic rings. The van der Waals surface area contributed by atoms with E-state index in [2.05, 4.69) is 25.6 Å². The van der Waals surface area contributed by atoms with Crippen LogP contribution < -0.4 is 10.6 Å². The van der Waals surface area contributed by atoms with Gasteiger partial charge in [0.2, 0.25) is 0 Å². The molecule has 6 nitrogen and oxygen atoms in total. The van der Waals surface area contributed by atoms with Gasteiger partial charge in [-0.2, -0.15) is 0 Å². The second kappa shape index (κ2) is 6.70. The number of pyridine rings is 1. The van der Waals surface area contributed by atoms with Crippen molar-refractivity contribution in [2.24, 2.45) is 0 Å². The zero-order valence-electron chi connectivity index (χ0n) is 11.7. The van der Waals surface area contributed by atoms with Gasteiger partial charge in [-0.1, -0.05) is 6.92 Å². The molecule has 0 spiro atoms. The summed E-state index contributed by atoms with van der Waals surface area (Å²) in [5.74, 6) is 1.34. The number of nitrogens with one attached hydrogen (secondary N) is 3. The molecule has 20 heavy (non-hydrogen) atoms. The molecule has 6 heteroatoms. The zero-order chi connectivity index (χ0) is 14.4. The van der Waals surface area contributed by atoms with Gasteiger partial charge in [0.15, 0.2) is 0 Å². The summed E-state index contributed by atoms with van der Waals surface area (Å²) in [6, 6.07) is 3.58. The van der Waals surface area contributed by atoms with E-state index in [1.807, 2.05) is 19.9 Å². The number of carbonyl (C=O) groups is 1. The molecule has 0 saturated carbocycles. The van der Waals surface area contributed by atoms with Crippen LogP contribution in [-0.2, 0) is 13.0 Å². The molecule has 0 radical (unpaired) electrons. The van der Waals surface area contributed by atoms with Crippen LogP contribution in [0.15, 0.2) is 24.5 Å². The molecule has 2 aromatic rings. The Labute approximate surface area is 118 Å². The van der Waals surface area contributed by atoms with E-state index in [-0.39, 0.29) is 5.91 Å². The summed E-state index contributed by atoms with van der Waals surface area (Å²) < 4.78 is 0. The van der Waals surface area contributed by atoms with Crippen LogP contribution in [0.2, 0.25) is 0 Å².